The Bertz CT molecular complexity index is 450. The maximum Gasteiger partial charge on any atom is 0.224 e. The van der Waals surface area contributed by atoms with Gasteiger partial charge in [0.25, 0.3) is 0 Å². The fourth-order valence-electron chi connectivity index (χ4n) is 2.51. The molecule has 0 bridgehead atoms. The summed E-state index contributed by atoms with van der Waals surface area (Å²) in [4.78, 5) is 12.2. The summed E-state index contributed by atoms with van der Waals surface area (Å²) < 4.78 is 0. The van der Waals surface area contributed by atoms with Crippen molar-refractivity contribution in [1.29, 1.82) is 0 Å². The molecule has 0 heterocycles. The predicted octanol–water partition coefficient (Wildman–Crippen LogP) is 2.17. The van der Waals surface area contributed by atoms with Gasteiger partial charge in [-0.15, -0.1) is 0 Å². The monoisotopic (exact) mass is 276 g/mol. The first-order chi connectivity index (χ1) is 9.15. The van der Waals surface area contributed by atoms with Gasteiger partial charge in [-0.2, -0.15) is 0 Å². The van der Waals surface area contributed by atoms with Gasteiger partial charge in [-0.05, 0) is 24.3 Å². The van der Waals surface area contributed by atoms with Gasteiger partial charge in [-0.3, -0.25) is 4.79 Å². The number of carbonyl (C=O) groups excluding carboxylic acids is 1. The maximum absolute atomic E-state index is 11.8. The summed E-state index contributed by atoms with van der Waals surface area (Å²) in [5.41, 5.74) is 7.36. The van der Waals surface area contributed by atoms with Crippen molar-refractivity contribution in [2.24, 2.45) is 11.7 Å². The molecule has 0 spiro atoms. The van der Waals surface area contributed by atoms with E-state index in [1.54, 1.807) is 0 Å². The van der Waals surface area contributed by atoms with Crippen LogP contribution in [-0.2, 0) is 11.2 Å². The second-order valence-corrected chi connectivity index (χ2v) is 5.63. The molecule has 0 aromatic heterocycles. The Balaban J connectivity index is 1.79. The van der Waals surface area contributed by atoms with Gasteiger partial charge < -0.3 is 11.1 Å². The summed E-state index contributed by atoms with van der Waals surface area (Å²) in [6.07, 6.45) is 5.54. The van der Waals surface area contributed by atoms with Crippen LogP contribution in [0.25, 0.3) is 0 Å². The topological polar surface area (TPSA) is 55.1 Å². The lowest BCUT2D eigenvalue weighted by Crippen LogP contribution is -2.29. The maximum atomic E-state index is 11.8. The van der Waals surface area contributed by atoms with Crippen LogP contribution < -0.4 is 11.1 Å². The Kier molecular flexibility index (Phi) is 4.91. The number of amides is 1. The molecular formula is C15H20N2OS. The molecule has 19 heavy (non-hydrogen) atoms. The van der Waals surface area contributed by atoms with E-state index in [2.05, 4.69) is 5.32 Å². The van der Waals surface area contributed by atoms with E-state index in [4.69, 9.17) is 18.0 Å². The van der Waals surface area contributed by atoms with Gasteiger partial charge in [0, 0.05) is 12.1 Å². The lowest BCUT2D eigenvalue weighted by Gasteiger charge is -2.10. The average molecular weight is 276 g/mol. The van der Waals surface area contributed by atoms with Crippen LogP contribution in [0.1, 0.15) is 36.8 Å². The molecule has 0 radical (unpaired) electrons. The van der Waals surface area contributed by atoms with Crippen molar-refractivity contribution in [3.8, 4) is 0 Å². The lowest BCUT2D eigenvalue weighted by atomic mass is 10.1. The second-order valence-electron chi connectivity index (χ2n) is 5.19. The van der Waals surface area contributed by atoms with E-state index in [1.165, 1.54) is 25.7 Å². The summed E-state index contributed by atoms with van der Waals surface area (Å²) in [7, 11) is 0. The summed E-state index contributed by atoms with van der Waals surface area (Å²) in [5, 5.41) is 3.02. The van der Waals surface area contributed by atoms with Crippen molar-refractivity contribution < 1.29 is 4.79 Å². The summed E-state index contributed by atoms with van der Waals surface area (Å²) in [5.74, 6) is 0.774. The number of hydrogen-bond acceptors (Lipinski definition) is 2. The quantitative estimate of drug-likeness (QED) is 0.810. The molecule has 0 saturated heterocycles. The third-order valence-corrected chi connectivity index (χ3v) is 3.90. The van der Waals surface area contributed by atoms with Gasteiger partial charge >= 0.3 is 0 Å². The number of nitrogens with two attached hydrogens (primary N) is 1. The molecule has 0 aliphatic heterocycles. The van der Waals surface area contributed by atoms with E-state index in [9.17, 15) is 4.79 Å². The van der Waals surface area contributed by atoms with Gasteiger partial charge in [0.1, 0.15) is 4.99 Å². The standard InChI is InChI=1S/C15H20N2OS/c16-15(19)13-7-5-11(6-8-13)9-14(18)17-10-12-3-1-2-4-12/h5-8,12H,1-4,9-10H2,(H2,16,19)(H,17,18). The minimum absolute atomic E-state index is 0.0926. The molecule has 4 heteroatoms. The van der Waals surface area contributed by atoms with Crippen LogP contribution in [0.5, 0.6) is 0 Å². The Hall–Kier alpha value is -1.42. The molecule has 1 amide bonds. The van der Waals surface area contributed by atoms with Gasteiger partial charge in [0.15, 0.2) is 0 Å². The van der Waals surface area contributed by atoms with Gasteiger partial charge in [-0.1, -0.05) is 49.3 Å². The van der Waals surface area contributed by atoms with Crippen molar-refractivity contribution >= 4 is 23.1 Å². The molecular weight excluding hydrogens is 256 g/mol. The molecule has 1 aliphatic rings. The van der Waals surface area contributed by atoms with Crippen molar-refractivity contribution in [2.45, 2.75) is 32.1 Å². The molecule has 1 aromatic rings. The van der Waals surface area contributed by atoms with Crippen molar-refractivity contribution in [2.75, 3.05) is 6.54 Å². The second kappa shape index (κ2) is 6.66. The molecule has 1 fully saturated rings. The molecule has 102 valence electrons. The number of thiocarbonyl (C=S) groups is 1. The smallest absolute Gasteiger partial charge is 0.224 e. The fraction of sp³-hybridized carbons (Fsp3) is 0.467. The van der Waals surface area contributed by atoms with Crippen molar-refractivity contribution in [3.05, 3.63) is 35.4 Å². The van der Waals surface area contributed by atoms with Crippen LogP contribution in [0.15, 0.2) is 24.3 Å². The summed E-state index contributed by atoms with van der Waals surface area (Å²) >= 11 is 4.89. The Morgan fingerprint density at radius 3 is 2.47 bits per heavy atom. The van der Waals surface area contributed by atoms with E-state index in [1.807, 2.05) is 24.3 Å². The number of rotatable bonds is 5. The number of hydrogen-bond donors (Lipinski definition) is 2. The zero-order valence-electron chi connectivity index (χ0n) is 11.0. The highest BCUT2D eigenvalue weighted by molar-refractivity contribution is 7.80. The van der Waals surface area contributed by atoms with Crippen molar-refractivity contribution in [1.82, 2.24) is 5.32 Å². The number of nitrogens with one attached hydrogen (secondary N) is 1. The highest BCUT2D eigenvalue weighted by Crippen LogP contribution is 2.23. The van der Waals surface area contributed by atoms with E-state index < -0.39 is 0 Å². The molecule has 0 unspecified atom stereocenters. The molecule has 1 aliphatic carbocycles. The molecule has 3 N–H and O–H groups in total. The van der Waals surface area contributed by atoms with Crippen molar-refractivity contribution in [3.63, 3.8) is 0 Å². The Labute approximate surface area is 119 Å². The summed E-state index contributed by atoms with van der Waals surface area (Å²) in [6.45, 7) is 0.823. The van der Waals surface area contributed by atoms with Crippen LogP contribution >= 0.6 is 12.2 Å². The Morgan fingerprint density at radius 1 is 1.26 bits per heavy atom. The van der Waals surface area contributed by atoms with Crippen LogP contribution in [0.2, 0.25) is 0 Å². The highest BCUT2D eigenvalue weighted by Gasteiger charge is 2.15. The van der Waals surface area contributed by atoms with Crippen LogP contribution in [0.4, 0.5) is 0 Å². The Morgan fingerprint density at radius 2 is 1.89 bits per heavy atom. The normalized spacial score (nSPS) is 15.4. The third-order valence-electron chi connectivity index (χ3n) is 3.67. The fourth-order valence-corrected chi connectivity index (χ4v) is 2.64. The zero-order chi connectivity index (χ0) is 13.7. The van der Waals surface area contributed by atoms with Crippen LogP contribution in [0, 0.1) is 5.92 Å². The van der Waals surface area contributed by atoms with E-state index >= 15 is 0 Å². The minimum atomic E-state index is 0.0926. The van der Waals surface area contributed by atoms with E-state index in [-0.39, 0.29) is 5.91 Å². The summed E-state index contributed by atoms with van der Waals surface area (Å²) in [6, 6.07) is 7.54. The van der Waals surface area contributed by atoms with Crippen LogP contribution in [-0.4, -0.2) is 17.4 Å². The number of benzene rings is 1. The third kappa shape index (κ3) is 4.31. The van der Waals surface area contributed by atoms with E-state index in [0.29, 0.717) is 17.3 Å². The van der Waals surface area contributed by atoms with Gasteiger partial charge in [-0.25, -0.2) is 0 Å². The highest BCUT2D eigenvalue weighted by atomic mass is 32.1. The molecule has 3 nitrogen and oxygen atoms in total. The molecule has 0 atom stereocenters. The minimum Gasteiger partial charge on any atom is -0.389 e. The van der Waals surface area contributed by atoms with Gasteiger partial charge in [0.05, 0.1) is 6.42 Å². The lowest BCUT2D eigenvalue weighted by molar-refractivity contribution is -0.120. The van der Waals surface area contributed by atoms with Crippen LogP contribution in [0.3, 0.4) is 0 Å². The first-order valence-corrected chi connectivity index (χ1v) is 7.21. The van der Waals surface area contributed by atoms with E-state index in [0.717, 1.165) is 17.7 Å². The molecule has 1 aromatic carbocycles. The van der Waals surface area contributed by atoms with Gasteiger partial charge in [0.2, 0.25) is 5.91 Å². The first kappa shape index (κ1) is 14.0. The first-order valence-electron chi connectivity index (χ1n) is 6.80. The molecule has 1 saturated carbocycles. The number of carbonyl (C=O) groups is 1. The SMILES string of the molecule is NC(=S)c1ccc(CC(=O)NCC2CCCC2)cc1. The predicted molar refractivity (Wildman–Crippen MR) is 81.0 cm³/mol. The zero-order valence-corrected chi connectivity index (χ0v) is 11.8. The molecule has 2 rings (SSSR count). The average Bonchev–Trinajstić information content (AvgIpc) is 2.90. The largest absolute Gasteiger partial charge is 0.389 e.